The molecule has 0 aliphatic heterocycles. The third-order valence-electron chi connectivity index (χ3n) is 2.13. The van der Waals surface area contributed by atoms with Crippen LogP contribution in [-0.4, -0.2) is 13.4 Å². The van der Waals surface area contributed by atoms with Crippen LogP contribution in [0.15, 0.2) is 52.1 Å². The second-order valence-corrected chi connectivity index (χ2v) is 6.17. The molecule has 0 unspecified atom stereocenters. The fourth-order valence-electron chi connectivity index (χ4n) is 1.36. The first-order chi connectivity index (χ1) is 8.47. The van der Waals surface area contributed by atoms with Crippen LogP contribution in [0.25, 0.3) is 0 Å². The zero-order chi connectivity index (χ0) is 13.2. The first kappa shape index (κ1) is 12.8. The Bertz CT molecular complexity index is 673. The van der Waals surface area contributed by atoms with Crippen LogP contribution in [0.4, 0.5) is 11.4 Å². The maximum absolute atomic E-state index is 12.1. The van der Waals surface area contributed by atoms with E-state index in [1.165, 1.54) is 18.3 Å². The van der Waals surface area contributed by atoms with E-state index in [1.807, 2.05) is 0 Å². The lowest BCUT2D eigenvalue weighted by atomic mass is 10.3. The zero-order valence-corrected chi connectivity index (χ0v) is 11.6. The Morgan fingerprint density at radius 2 is 2.00 bits per heavy atom. The Morgan fingerprint density at radius 3 is 2.67 bits per heavy atom. The predicted molar refractivity (Wildman–Crippen MR) is 73.6 cm³/mol. The maximum atomic E-state index is 12.1. The van der Waals surface area contributed by atoms with Gasteiger partial charge in [0, 0.05) is 16.4 Å². The van der Waals surface area contributed by atoms with E-state index in [2.05, 4.69) is 25.6 Å². The minimum absolute atomic E-state index is 0.113. The summed E-state index contributed by atoms with van der Waals surface area (Å²) >= 11 is 3.22. The van der Waals surface area contributed by atoms with Crippen molar-refractivity contribution in [2.75, 3.05) is 10.5 Å². The van der Waals surface area contributed by atoms with Crippen LogP contribution < -0.4 is 10.5 Å². The number of nitrogens with two attached hydrogens (primary N) is 1. The fourth-order valence-corrected chi connectivity index (χ4v) is 2.82. The highest BCUT2D eigenvalue weighted by Crippen LogP contribution is 2.19. The summed E-state index contributed by atoms with van der Waals surface area (Å²) in [4.78, 5) is 3.99. The number of rotatable bonds is 3. The van der Waals surface area contributed by atoms with Crippen LogP contribution in [0.3, 0.4) is 0 Å². The third kappa shape index (κ3) is 2.99. The van der Waals surface area contributed by atoms with Gasteiger partial charge < -0.3 is 5.73 Å². The van der Waals surface area contributed by atoms with E-state index >= 15 is 0 Å². The van der Waals surface area contributed by atoms with Crippen molar-refractivity contribution in [3.8, 4) is 0 Å². The molecule has 0 spiro atoms. The number of sulfonamides is 1. The van der Waals surface area contributed by atoms with Crippen molar-refractivity contribution in [2.45, 2.75) is 4.90 Å². The molecule has 0 saturated heterocycles. The van der Waals surface area contributed by atoms with Gasteiger partial charge in [-0.3, -0.25) is 9.71 Å². The Labute approximate surface area is 113 Å². The number of pyridine rings is 1. The SMILES string of the molecule is Nc1cccc(S(=O)(=O)Nc2cncc(Br)c2)c1. The van der Waals surface area contributed by atoms with E-state index in [-0.39, 0.29) is 4.90 Å². The van der Waals surface area contributed by atoms with Crippen molar-refractivity contribution in [3.05, 3.63) is 47.2 Å². The molecule has 1 aromatic carbocycles. The van der Waals surface area contributed by atoms with E-state index in [1.54, 1.807) is 24.4 Å². The molecule has 1 heterocycles. The van der Waals surface area contributed by atoms with Gasteiger partial charge in [0.1, 0.15) is 0 Å². The number of nitrogen functional groups attached to an aromatic ring is 1. The van der Waals surface area contributed by atoms with Crippen molar-refractivity contribution >= 4 is 37.3 Å². The summed E-state index contributed by atoms with van der Waals surface area (Å²) in [6, 6.07) is 7.71. The molecular formula is C11H10BrN3O2S. The second-order valence-electron chi connectivity index (χ2n) is 3.57. The standard InChI is InChI=1S/C11H10BrN3O2S/c12-8-4-10(7-14-6-8)15-18(16,17)11-3-1-2-9(13)5-11/h1-7,15H,13H2. The minimum atomic E-state index is -3.64. The van der Waals surface area contributed by atoms with Gasteiger partial charge in [-0.1, -0.05) is 6.07 Å². The van der Waals surface area contributed by atoms with Gasteiger partial charge in [-0.15, -0.1) is 0 Å². The molecule has 7 heteroatoms. The number of halogens is 1. The summed E-state index contributed by atoms with van der Waals surface area (Å²) in [7, 11) is -3.64. The number of nitrogens with zero attached hydrogens (tertiary/aromatic N) is 1. The Balaban J connectivity index is 2.33. The van der Waals surface area contributed by atoms with Gasteiger partial charge in [-0.25, -0.2) is 8.42 Å². The minimum Gasteiger partial charge on any atom is -0.399 e. The number of hydrogen-bond acceptors (Lipinski definition) is 4. The number of nitrogens with one attached hydrogen (secondary N) is 1. The Hall–Kier alpha value is -1.60. The van der Waals surface area contributed by atoms with Crippen LogP contribution in [0.2, 0.25) is 0 Å². The molecule has 0 aliphatic carbocycles. The van der Waals surface area contributed by atoms with Gasteiger partial charge in [-0.2, -0.15) is 0 Å². The van der Waals surface area contributed by atoms with Crippen LogP contribution in [0.1, 0.15) is 0 Å². The lowest BCUT2D eigenvalue weighted by molar-refractivity contribution is 0.601. The lowest BCUT2D eigenvalue weighted by Crippen LogP contribution is -2.13. The molecular weight excluding hydrogens is 318 g/mol. The molecule has 0 amide bonds. The van der Waals surface area contributed by atoms with Crippen LogP contribution >= 0.6 is 15.9 Å². The summed E-state index contributed by atoms with van der Waals surface area (Å²) in [6.07, 6.45) is 2.99. The molecule has 0 radical (unpaired) electrons. The molecule has 0 fully saturated rings. The Morgan fingerprint density at radius 1 is 1.22 bits per heavy atom. The number of aromatic nitrogens is 1. The average molecular weight is 328 g/mol. The van der Waals surface area contributed by atoms with Crippen LogP contribution in [0.5, 0.6) is 0 Å². The smallest absolute Gasteiger partial charge is 0.262 e. The summed E-state index contributed by atoms with van der Waals surface area (Å²) in [6.45, 7) is 0. The monoisotopic (exact) mass is 327 g/mol. The molecule has 0 aliphatic rings. The molecule has 0 saturated carbocycles. The molecule has 2 rings (SSSR count). The second kappa shape index (κ2) is 4.95. The molecule has 0 bridgehead atoms. The van der Waals surface area contributed by atoms with Gasteiger partial charge in [0.05, 0.1) is 16.8 Å². The van der Waals surface area contributed by atoms with Gasteiger partial charge in [0.15, 0.2) is 0 Å². The first-order valence-electron chi connectivity index (χ1n) is 4.96. The van der Waals surface area contributed by atoms with E-state index in [0.717, 1.165) is 0 Å². The summed E-state index contributed by atoms with van der Waals surface area (Å²) in [5.41, 5.74) is 6.34. The van der Waals surface area contributed by atoms with Crippen molar-refractivity contribution in [3.63, 3.8) is 0 Å². The lowest BCUT2D eigenvalue weighted by Gasteiger charge is -2.08. The molecule has 5 nitrogen and oxygen atoms in total. The van der Waals surface area contributed by atoms with Crippen LogP contribution in [0, 0.1) is 0 Å². The zero-order valence-electron chi connectivity index (χ0n) is 9.17. The fraction of sp³-hybridized carbons (Fsp3) is 0. The van der Waals surface area contributed by atoms with Crippen LogP contribution in [-0.2, 0) is 10.0 Å². The molecule has 18 heavy (non-hydrogen) atoms. The molecule has 0 atom stereocenters. The van der Waals surface area contributed by atoms with Crippen molar-refractivity contribution in [2.24, 2.45) is 0 Å². The molecule has 1 aromatic heterocycles. The number of benzene rings is 1. The highest BCUT2D eigenvalue weighted by atomic mass is 79.9. The van der Waals surface area contributed by atoms with Crippen molar-refractivity contribution in [1.29, 1.82) is 0 Å². The highest BCUT2D eigenvalue weighted by Gasteiger charge is 2.14. The first-order valence-corrected chi connectivity index (χ1v) is 7.24. The topological polar surface area (TPSA) is 85.1 Å². The third-order valence-corrected chi connectivity index (χ3v) is 3.94. The van der Waals surface area contributed by atoms with Crippen molar-refractivity contribution < 1.29 is 8.42 Å². The van der Waals surface area contributed by atoms with E-state index in [0.29, 0.717) is 15.8 Å². The Kier molecular flexibility index (Phi) is 3.53. The van der Waals surface area contributed by atoms with E-state index in [4.69, 9.17) is 5.73 Å². The van der Waals surface area contributed by atoms with Crippen molar-refractivity contribution in [1.82, 2.24) is 4.98 Å². The highest BCUT2D eigenvalue weighted by molar-refractivity contribution is 9.10. The predicted octanol–water partition coefficient (Wildman–Crippen LogP) is 2.23. The van der Waals surface area contributed by atoms with Gasteiger partial charge >= 0.3 is 0 Å². The quantitative estimate of drug-likeness (QED) is 0.846. The summed E-state index contributed by atoms with van der Waals surface area (Å²) in [5.74, 6) is 0. The molecule has 94 valence electrons. The summed E-state index contributed by atoms with van der Waals surface area (Å²) in [5, 5.41) is 0. The van der Waals surface area contributed by atoms with Gasteiger partial charge in [0.2, 0.25) is 0 Å². The number of anilines is 2. The largest absolute Gasteiger partial charge is 0.399 e. The number of hydrogen-bond donors (Lipinski definition) is 2. The van der Waals surface area contributed by atoms with Gasteiger partial charge in [0.25, 0.3) is 10.0 Å². The van der Waals surface area contributed by atoms with Gasteiger partial charge in [-0.05, 0) is 40.2 Å². The molecule has 2 aromatic rings. The normalized spacial score (nSPS) is 11.2. The molecule has 3 N–H and O–H groups in total. The summed E-state index contributed by atoms with van der Waals surface area (Å²) < 4.78 is 27.2. The van der Waals surface area contributed by atoms with E-state index < -0.39 is 10.0 Å². The average Bonchev–Trinajstić information content (AvgIpc) is 2.28. The van der Waals surface area contributed by atoms with E-state index in [9.17, 15) is 8.42 Å². The maximum Gasteiger partial charge on any atom is 0.262 e.